The monoisotopic (exact) mass is 297 g/mol. The van der Waals surface area contributed by atoms with Crippen LogP contribution in [0.3, 0.4) is 0 Å². The summed E-state index contributed by atoms with van der Waals surface area (Å²) in [6, 6.07) is 15.8. The molecule has 3 rings (SSSR count). The molecule has 0 heterocycles. The molecule has 112 valence electrons. The van der Waals surface area contributed by atoms with Crippen LogP contribution in [0.25, 0.3) is 11.1 Å². The SMILES string of the molecule is COC(C(=O)ONC=O)C1c2ccccc2-c2ccccc21. The van der Waals surface area contributed by atoms with E-state index >= 15 is 0 Å². The smallest absolute Gasteiger partial charge is 0.361 e. The molecular formula is C17H15NO4. The molecule has 0 bridgehead atoms. The molecule has 1 amide bonds. The molecule has 1 aliphatic rings. The van der Waals surface area contributed by atoms with E-state index in [0.717, 1.165) is 22.3 Å². The van der Waals surface area contributed by atoms with Crippen LogP contribution in [0, 0.1) is 0 Å². The third-order valence-corrected chi connectivity index (χ3v) is 3.88. The number of nitrogens with one attached hydrogen (secondary N) is 1. The molecule has 5 nitrogen and oxygen atoms in total. The number of fused-ring (bicyclic) bond motifs is 3. The largest absolute Gasteiger partial charge is 0.369 e. The minimum Gasteiger partial charge on any atom is -0.369 e. The summed E-state index contributed by atoms with van der Waals surface area (Å²) in [5.74, 6) is -0.899. The van der Waals surface area contributed by atoms with E-state index in [1.165, 1.54) is 7.11 Å². The van der Waals surface area contributed by atoms with Crippen LogP contribution in [0.4, 0.5) is 0 Å². The predicted molar refractivity (Wildman–Crippen MR) is 79.8 cm³/mol. The van der Waals surface area contributed by atoms with E-state index < -0.39 is 12.1 Å². The quantitative estimate of drug-likeness (QED) is 0.677. The second kappa shape index (κ2) is 5.99. The molecule has 0 spiro atoms. The molecule has 1 N–H and O–H groups in total. The zero-order chi connectivity index (χ0) is 15.5. The predicted octanol–water partition coefficient (Wildman–Crippen LogP) is 2.02. The highest BCUT2D eigenvalue weighted by Gasteiger charge is 2.39. The van der Waals surface area contributed by atoms with Crippen molar-refractivity contribution in [2.45, 2.75) is 12.0 Å². The van der Waals surface area contributed by atoms with Crippen molar-refractivity contribution in [2.75, 3.05) is 7.11 Å². The van der Waals surface area contributed by atoms with E-state index in [-0.39, 0.29) is 5.92 Å². The molecule has 0 aromatic heterocycles. The van der Waals surface area contributed by atoms with Crippen LogP contribution in [0.1, 0.15) is 17.0 Å². The van der Waals surface area contributed by atoms with Gasteiger partial charge in [0.05, 0.1) is 0 Å². The van der Waals surface area contributed by atoms with Crippen LogP contribution in [0.15, 0.2) is 48.5 Å². The maximum Gasteiger partial charge on any atom is 0.361 e. The van der Waals surface area contributed by atoms with Gasteiger partial charge in [0.25, 0.3) is 0 Å². The molecule has 2 aromatic carbocycles. The van der Waals surface area contributed by atoms with Crippen molar-refractivity contribution >= 4 is 12.4 Å². The van der Waals surface area contributed by atoms with Crippen LogP contribution in [-0.2, 0) is 19.2 Å². The van der Waals surface area contributed by atoms with Crippen molar-refractivity contribution in [3.63, 3.8) is 0 Å². The minimum atomic E-state index is -0.836. The molecule has 5 heteroatoms. The number of methoxy groups -OCH3 is 1. The lowest BCUT2D eigenvalue weighted by atomic mass is 9.91. The number of carbonyl (C=O) groups is 2. The molecule has 1 aliphatic carbocycles. The Balaban J connectivity index is 2.05. The number of hydroxylamine groups is 1. The molecule has 0 saturated carbocycles. The van der Waals surface area contributed by atoms with Gasteiger partial charge in [0.15, 0.2) is 6.10 Å². The molecule has 2 aromatic rings. The van der Waals surface area contributed by atoms with Crippen LogP contribution < -0.4 is 5.48 Å². The molecule has 0 aliphatic heterocycles. The summed E-state index contributed by atoms with van der Waals surface area (Å²) in [6.07, 6.45) is -0.529. The Labute approximate surface area is 127 Å². The van der Waals surface area contributed by atoms with E-state index in [9.17, 15) is 9.59 Å². The summed E-state index contributed by atoms with van der Waals surface area (Å²) in [6.45, 7) is 0. The second-order valence-electron chi connectivity index (χ2n) is 4.97. The first-order valence-electron chi connectivity index (χ1n) is 6.88. The van der Waals surface area contributed by atoms with Crippen molar-refractivity contribution in [1.29, 1.82) is 0 Å². The number of ether oxygens (including phenoxy) is 1. The summed E-state index contributed by atoms with van der Waals surface area (Å²) in [5.41, 5.74) is 6.12. The molecular weight excluding hydrogens is 282 g/mol. The Hall–Kier alpha value is -2.66. The summed E-state index contributed by atoms with van der Waals surface area (Å²) in [7, 11) is 1.45. The van der Waals surface area contributed by atoms with Crippen LogP contribution in [0.2, 0.25) is 0 Å². The Morgan fingerprint density at radius 1 is 1.09 bits per heavy atom. The highest BCUT2D eigenvalue weighted by molar-refractivity contribution is 5.85. The van der Waals surface area contributed by atoms with Crippen LogP contribution in [-0.4, -0.2) is 25.6 Å². The topological polar surface area (TPSA) is 64.6 Å². The Bertz CT molecular complexity index is 668. The van der Waals surface area contributed by atoms with Gasteiger partial charge in [-0.1, -0.05) is 48.5 Å². The number of hydrogen-bond acceptors (Lipinski definition) is 4. The first-order chi connectivity index (χ1) is 10.8. The fourth-order valence-corrected chi connectivity index (χ4v) is 3.03. The number of benzene rings is 2. The number of amides is 1. The van der Waals surface area contributed by atoms with Crippen molar-refractivity contribution in [3.8, 4) is 11.1 Å². The standard InChI is InChI=1S/C17H15NO4/c1-21-16(17(20)22-18-10-19)15-13-8-4-2-6-11(13)12-7-3-5-9-14(12)15/h2-10,15-16H,1H3,(H,18,19). The van der Waals surface area contributed by atoms with Crippen LogP contribution in [0.5, 0.6) is 0 Å². The van der Waals surface area contributed by atoms with Crippen molar-refractivity contribution in [1.82, 2.24) is 5.48 Å². The lowest BCUT2D eigenvalue weighted by Gasteiger charge is -2.22. The maximum absolute atomic E-state index is 12.2. The highest BCUT2D eigenvalue weighted by Crippen LogP contribution is 2.46. The summed E-state index contributed by atoms with van der Waals surface area (Å²) in [4.78, 5) is 27.2. The Morgan fingerprint density at radius 3 is 2.14 bits per heavy atom. The van der Waals surface area contributed by atoms with Gasteiger partial charge in [-0.2, -0.15) is 5.48 Å². The summed E-state index contributed by atoms with van der Waals surface area (Å²) < 4.78 is 5.38. The zero-order valence-corrected chi connectivity index (χ0v) is 12.0. The van der Waals surface area contributed by atoms with Crippen molar-refractivity contribution < 1.29 is 19.2 Å². The van der Waals surface area contributed by atoms with Gasteiger partial charge in [-0.05, 0) is 22.3 Å². The van der Waals surface area contributed by atoms with Crippen LogP contribution >= 0.6 is 0 Å². The normalized spacial score (nSPS) is 13.9. The van der Waals surface area contributed by atoms with Crippen molar-refractivity contribution in [2.24, 2.45) is 0 Å². The third-order valence-electron chi connectivity index (χ3n) is 3.88. The fraction of sp³-hybridized carbons (Fsp3) is 0.176. The Kier molecular flexibility index (Phi) is 3.89. The van der Waals surface area contributed by atoms with E-state index in [1.807, 2.05) is 54.0 Å². The van der Waals surface area contributed by atoms with E-state index in [0.29, 0.717) is 6.41 Å². The first-order valence-corrected chi connectivity index (χ1v) is 6.88. The maximum atomic E-state index is 12.2. The van der Waals surface area contributed by atoms with Gasteiger partial charge in [0.2, 0.25) is 6.41 Å². The third kappa shape index (κ3) is 2.25. The summed E-state index contributed by atoms with van der Waals surface area (Å²) >= 11 is 0. The van der Waals surface area contributed by atoms with E-state index in [1.54, 1.807) is 0 Å². The average Bonchev–Trinajstić information content (AvgIpc) is 2.89. The second-order valence-corrected chi connectivity index (χ2v) is 4.97. The minimum absolute atomic E-state index is 0.265. The zero-order valence-electron chi connectivity index (χ0n) is 12.0. The molecule has 0 radical (unpaired) electrons. The van der Waals surface area contributed by atoms with Gasteiger partial charge in [-0.15, -0.1) is 0 Å². The van der Waals surface area contributed by atoms with E-state index in [4.69, 9.17) is 9.57 Å². The molecule has 0 fully saturated rings. The first kappa shape index (κ1) is 14.3. The molecule has 1 atom stereocenters. The number of carbonyl (C=O) groups excluding carboxylic acids is 2. The van der Waals surface area contributed by atoms with Gasteiger partial charge in [-0.3, -0.25) is 4.79 Å². The van der Waals surface area contributed by atoms with Gasteiger partial charge in [0.1, 0.15) is 0 Å². The van der Waals surface area contributed by atoms with Gasteiger partial charge < -0.3 is 9.57 Å². The van der Waals surface area contributed by atoms with Gasteiger partial charge in [-0.25, -0.2) is 4.79 Å². The molecule has 1 unspecified atom stereocenters. The fourth-order valence-electron chi connectivity index (χ4n) is 3.03. The lowest BCUT2D eigenvalue weighted by molar-refractivity contribution is -0.165. The van der Waals surface area contributed by atoms with E-state index in [2.05, 4.69) is 0 Å². The molecule has 22 heavy (non-hydrogen) atoms. The van der Waals surface area contributed by atoms with Gasteiger partial charge >= 0.3 is 5.97 Å². The average molecular weight is 297 g/mol. The number of rotatable bonds is 5. The lowest BCUT2D eigenvalue weighted by Crippen LogP contribution is -2.35. The Morgan fingerprint density at radius 2 is 1.64 bits per heavy atom. The molecule has 0 saturated heterocycles. The number of hydrogen-bond donors (Lipinski definition) is 1. The summed E-state index contributed by atoms with van der Waals surface area (Å²) in [5, 5.41) is 0. The highest BCUT2D eigenvalue weighted by atomic mass is 16.7. The van der Waals surface area contributed by atoms with Crippen molar-refractivity contribution in [3.05, 3.63) is 59.7 Å². The van der Waals surface area contributed by atoms with Gasteiger partial charge in [0, 0.05) is 13.0 Å².